The van der Waals surface area contributed by atoms with Crippen molar-refractivity contribution in [3.8, 4) is 0 Å². The van der Waals surface area contributed by atoms with E-state index in [1.807, 2.05) is 25.1 Å². The lowest BCUT2D eigenvalue weighted by Crippen LogP contribution is -2.02. The van der Waals surface area contributed by atoms with E-state index in [0.29, 0.717) is 5.56 Å². The van der Waals surface area contributed by atoms with E-state index in [-0.39, 0.29) is 5.97 Å². The number of carbonyl (C=O) groups is 2. The molecule has 0 atom stereocenters. The summed E-state index contributed by atoms with van der Waals surface area (Å²) in [6.45, 7) is 2.96. The molecule has 4 nitrogen and oxygen atoms in total. The molecule has 0 aliphatic heterocycles. The zero-order chi connectivity index (χ0) is 11.8. The van der Waals surface area contributed by atoms with E-state index in [1.54, 1.807) is 6.07 Å². The fourth-order valence-electron chi connectivity index (χ4n) is 0.912. The predicted octanol–water partition coefficient (Wildman–Crippen LogP) is 1.87. The Morgan fingerprint density at radius 2 is 1.73 bits per heavy atom. The Bertz CT molecular complexity index is 340. The molecule has 0 saturated carbocycles. The first-order valence-corrected chi connectivity index (χ1v) is 4.32. The number of hydrogen-bond donors (Lipinski definition) is 1. The Morgan fingerprint density at radius 1 is 1.27 bits per heavy atom. The van der Waals surface area contributed by atoms with Crippen molar-refractivity contribution in [2.24, 2.45) is 0 Å². The minimum Gasteiger partial charge on any atom is -0.481 e. The molecule has 0 unspecified atom stereocenters. The summed E-state index contributed by atoms with van der Waals surface area (Å²) in [7, 11) is 1.38. The number of aliphatic carboxylic acids is 1. The van der Waals surface area contributed by atoms with Gasteiger partial charge in [0, 0.05) is 6.92 Å². The molecule has 4 heteroatoms. The quantitative estimate of drug-likeness (QED) is 0.719. The Kier molecular flexibility index (Phi) is 5.78. The number of carboxylic acid groups (broad SMARTS) is 1. The van der Waals surface area contributed by atoms with Crippen molar-refractivity contribution in [1.82, 2.24) is 0 Å². The van der Waals surface area contributed by atoms with Crippen LogP contribution in [-0.4, -0.2) is 24.2 Å². The lowest BCUT2D eigenvalue weighted by molar-refractivity contribution is -0.134. The molecule has 15 heavy (non-hydrogen) atoms. The molecule has 1 aromatic carbocycles. The van der Waals surface area contributed by atoms with Crippen molar-refractivity contribution in [1.29, 1.82) is 0 Å². The normalized spacial score (nSPS) is 8.47. The molecule has 1 N–H and O–H groups in total. The highest BCUT2D eigenvalue weighted by Crippen LogP contribution is 2.07. The van der Waals surface area contributed by atoms with Gasteiger partial charge < -0.3 is 9.84 Å². The van der Waals surface area contributed by atoms with Crippen LogP contribution in [0.25, 0.3) is 0 Å². The number of methoxy groups -OCH3 is 1. The monoisotopic (exact) mass is 210 g/mol. The van der Waals surface area contributed by atoms with Gasteiger partial charge in [-0.15, -0.1) is 0 Å². The molecule has 0 bridgehead atoms. The summed E-state index contributed by atoms with van der Waals surface area (Å²) in [5.74, 6) is -1.11. The fraction of sp³-hybridized carbons (Fsp3) is 0.273. The van der Waals surface area contributed by atoms with Crippen molar-refractivity contribution in [2.45, 2.75) is 13.8 Å². The third kappa shape index (κ3) is 5.46. The molecule has 1 aromatic rings. The van der Waals surface area contributed by atoms with Gasteiger partial charge in [0.2, 0.25) is 0 Å². The standard InChI is InChI=1S/C9H10O2.C2H4O2/c1-7-5-3-4-6-8(7)9(10)11-2;1-2(3)4/h3-6H,1-2H3;1H3,(H,3,4). The first-order valence-electron chi connectivity index (χ1n) is 4.32. The first-order chi connectivity index (χ1) is 6.99. The fourth-order valence-corrected chi connectivity index (χ4v) is 0.912. The van der Waals surface area contributed by atoms with E-state index in [9.17, 15) is 4.79 Å². The molecule has 1 rings (SSSR count). The molecule has 0 aliphatic carbocycles. The van der Waals surface area contributed by atoms with Gasteiger partial charge in [-0.25, -0.2) is 4.79 Å². The van der Waals surface area contributed by atoms with Crippen LogP contribution < -0.4 is 0 Å². The van der Waals surface area contributed by atoms with E-state index in [1.165, 1.54) is 7.11 Å². The van der Waals surface area contributed by atoms with Gasteiger partial charge in [-0.05, 0) is 18.6 Å². The second kappa shape index (κ2) is 6.59. The highest BCUT2D eigenvalue weighted by molar-refractivity contribution is 5.90. The zero-order valence-corrected chi connectivity index (χ0v) is 8.98. The van der Waals surface area contributed by atoms with Crippen molar-refractivity contribution < 1.29 is 19.4 Å². The molecule has 0 saturated heterocycles. The van der Waals surface area contributed by atoms with Crippen LogP contribution in [0.2, 0.25) is 0 Å². The number of rotatable bonds is 1. The van der Waals surface area contributed by atoms with Crippen molar-refractivity contribution in [3.05, 3.63) is 35.4 Å². The molecule has 0 heterocycles. The maximum absolute atomic E-state index is 11.0. The van der Waals surface area contributed by atoms with E-state index in [2.05, 4.69) is 4.74 Å². The topological polar surface area (TPSA) is 63.6 Å². The van der Waals surface area contributed by atoms with Crippen LogP contribution in [0.3, 0.4) is 0 Å². The number of carbonyl (C=O) groups excluding carboxylic acids is 1. The Balaban J connectivity index is 0.000000423. The molecule has 82 valence electrons. The van der Waals surface area contributed by atoms with Crippen LogP contribution in [0.5, 0.6) is 0 Å². The second-order valence-corrected chi connectivity index (χ2v) is 2.83. The van der Waals surface area contributed by atoms with Gasteiger partial charge in [0.15, 0.2) is 0 Å². The molecule has 0 radical (unpaired) electrons. The number of hydrogen-bond acceptors (Lipinski definition) is 3. The van der Waals surface area contributed by atoms with Crippen LogP contribution in [-0.2, 0) is 9.53 Å². The summed E-state index contributed by atoms with van der Waals surface area (Å²) >= 11 is 0. The average molecular weight is 210 g/mol. The maximum Gasteiger partial charge on any atom is 0.338 e. The molecule has 0 aromatic heterocycles. The smallest absolute Gasteiger partial charge is 0.338 e. The summed E-state index contributed by atoms with van der Waals surface area (Å²) < 4.78 is 4.58. The maximum atomic E-state index is 11.0. The number of ether oxygens (including phenoxy) is 1. The third-order valence-corrected chi connectivity index (χ3v) is 1.55. The largest absolute Gasteiger partial charge is 0.481 e. The molecular formula is C11H14O4. The van der Waals surface area contributed by atoms with Gasteiger partial charge in [0.1, 0.15) is 0 Å². The summed E-state index contributed by atoms with van der Waals surface area (Å²) in [4.78, 5) is 20.0. The van der Waals surface area contributed by atoms with Gasteiger partial charge >= 0.3 is 5.97 Å². The SMILES string of the molecule is CC(=O)O.COC(=O)c1ccccc1C. The number of aryl methyl sites for hydroxylation is 1. The zero-order valence-electron chi connectivity index (χ0n) is 8.98. The molecular weight excluding hydrogens is 196 g/mol. The van der Waals surface area contributed by atoms with Crippen LogP contribution in [0.4, 0.5) is 0 Å². The Hall–Kier alpha value is -1.84. The van der Waals surface area contributed by atoms with E-state index < -0.39 is 5.97 Å². The van der Waals surface area contributed by atoms with Gasteiger partial charge in [-0.2, -0.15) is 0 Å². The summed E-state index contributed by atoms with van der Waals surface area (Å²) in [5.41, 5.74) is 1.58. The minimum atomic E-state index is -0.833. The second-order valence-electron chi connectivity index (χ2n) is 2.83. The van der Waals surface area contributed by atoms with Gasteiger partial charge in [0.25, 0.3) is 5.97 Å². The highest BCUT2D eigenvalue weighted by atomic mass is 16.5. The van der Waals surface area contributed by atoms with Crippen molar-refractivity contribution in [3.63, 3.8) is 0 Å². The van der Waals surface area contributed by atoms with E-state index >= 15 is 0 Å². The number of carboxylic acids is 1. The Morgan fingerprint density at radius 3 is 2.13 bits per heavy atom. The van der Waals surface area contributed by atoms with Crippen molar-refractivity contribution in [2.75, 3.05) is 7.11 Å². The van der Waals surface area contributed by atoms with Gasteiger partial charge in [-0.3, -0.25) is 4.79 Å². The number of esters is 1. The summed E-state index contributed by atoms with van der Waals surface area (Å²) in [6.07, 6.45) is 0. The van der Waals surface area contributed by atoms with Crippen LogP contribution >= 0.6 is 0 Å². The highest BCUT2D eigenvalue weighted by Gasteiger charge is 2.05. The van der Waals surface area contributed by atoms with Crippen LogP contribution in [0.15, 0.2) is 24.3 Å². The molecule has 0 amide bonds. The van der Waals surface area contributed by atoms with Gasteiger partial charge in [0.05, 0.1) is 12.7 Å². The third-order valence-electron chi connectivity index (χ3n) is 1.55. The first kappa shape index (κ1) is 13.2. The lowest BCUT2D eigenvalue weighted by atomic mass is 10.1. The van der Waals surface area contributed by atoms with E-state index in [0.717, 1.165) is 12.5 Å². The van der Waals surface area contributed by atoms with Crippen molar-refractivity contribution >= 4 is 11.9 Å². The minimum absolute atomic E-state index is 0.275. The number of benzene rings is 1. The van der Waals surface area contributed by atoms with Gasteiger partial charge in [-0.1, -0.05) is 18.2 Å². The molecule has 0 spiro atoms. The van der Waals surface area contributed by atoms with Crippen LogP contribution in [0, 0.1) is 6.92 Å². The Labute approximate surface area is 88.5 Å². The predicted molar refractivity (Wildman–Crippen MR) is 55.8 cm³/mol. The average Bonchev–Trinajstić information content (AvgIpc) is 2.16. The summed E-state index contributed by atoms with van der Waals surface area (Å²) in [6, 6.07) is 7.34. The summed E-state index contributed by atoms with van der Waals surface area (Å²) in [5, 5.41) is 7.42. The lowest BCUT2D eigenvalue weighted by Gasteiger charge is -2.00. The molecule has 0 fully saturated rings. The molecule has 0 aliphatic rings. The van der Waals surface area contributed by atoms with Crippen LogP contribution in [0.1, 0.15) is 22.8 Å². The van der Waals surface area contributed by atoms with E-state index in [4.69, 9.17) is 9.90 Å².